The van der Waals surface area contributed by atoms with E-state index in [1.54, 1.807) is 17.7 Å². The average molecular weight is 318 g/mol. The van der Waals surface area contributed by atoms with Crippen molar-refractivity contribution in [1.82, 2.24) is 19.8 Å². The second-order valence-electron chi connectivity index (χ2n) is 5.95. The Morgan fingerprint density at radius 1 is 1.55 bits per heavy atom. The van der Waals surface area contributed by atoms with E-state index in [1.807, 2.05) is 16.8 Å². The number of imidazole rings is 1. The molecule has 6 heteroatoms. The minimum atomic E-state index is -0.183. The van der Waals surface area contributed by atoms with Gasteiger partial charge in [0.15, 0.2) is 0 Å². The third-order valence-electron chi connectivity index (χ3n) is 4.14. The summed E-state index contributed by atoms with van der Waals surface area (Å²) < 4.78 is 2.01. The number of carbonyl (C=O) groups excluding carboxylic acids is 1. The molecule has 0 unspecified atom stereocenters. The predicted octanol–water partition coefficient (Wildman–Crippen LogP) is 2.07. The zero-order valence-electron chi connectivity index (χ0n) is 13.0. The molecule has 0 radical (unpaired) electrons. The van der Waals surface area contributed by atoms with E-state index >= 15 is 0 Å². The number of nitrogens with zero attached hydrogens (tertiary/aromatic N) is 3. The van der Waals surface area contributed by atoms with Crippen LogP contribution in [-0.2, 0) is 17.8 Å². The van der Waals surface area contributed by atoms with Gasteiger partial charge in [-0.2, -0.15) is 0 Å². The highest BCUT2D eigenvalue weighted by Crippen LogP contribution is 2.22. The molecule has 5 nitrogen and oxygen atoms in total. The minimum Gasteiger partial charge on any atom is -0.354 e. The van der Waals surface area contributed by atoms with Crippen molar-refractivity contribution >= 4 is 17.2 Å². The molecule has 1 amide bonds. The fourth-order valence-corrected chi connectivity index (χ4v) is 3.51. The van der Waals surface area contributed by atoms with Gasteiger partial charge < -0.3 is 9.88 Å². The van der Waals surface area contributed by atoms with Crippen LogP contribution >= 0.6 is 11.3 Å². The first-order valence-electron chi connectivity index (χ1n) is 7.70. The van der Waals surface area contributed by atoms with E-state index in [9.17, 15) is 4.79 Å². The molecule has 1 aliphatic rings. The van der Waals surface area contributed by atoms with Crippen molar-refractivity contribution in [2.75, 3.05) is 13.1 Å². The standard InChI is InChI=1S/C16H22N4OS/c1-12(2)19-9-13-8-17-11-20(13)15(10-19)16(21)18-6-5-14-4-3-7-22-14/h3-4,7-8,11-12,15H,5-6,9-10H2,1-2H3,(H,18,21)/t15-/m1/s1. The smallest absolute Gasteiger partial charge is 0.244 e. The highest BCUT2D eigenvalue weighted by atomic mass is 32.1. The van der Waals surface area contributed by atoms with Crippen LogP contribution in [0.4, 0.5) is 0 Å². The molecule has 0 fully saturated rings. The second-order valence-corrected chi connectivity index (χ2v) is 6.98. The summed E-state index contributed by atoms with van der Waals surface area (Å²) in [5, 5.41) is 5.14. The van der Waals surface area contributed by atoms with Gasteiger partial charge in [0.25, 0.3) is 0 Å². The number of aromatic nitrogens is 2. The van der Waals surface area contributed by atoms with Gasteiger partial charge in [0.1, 0.15) is 6.04 Å². The first-order chi connectivity index (χ1) is 10.6. The first-order valence-corrected chi connectivity index (χ1v) is 8.58. The Morgan fingerprint density at radius 3 is 3.14 bits per heavy atom. The fraction of sp³-hybridized carbons (Fsp3) is 0.500. The lowest BCUT2D eigenvalue weighted by atomic mass is 10.1. The number of hydrogen-bond donors (Lipinski definition) is 1. The van der Waals surface area contributed by atoms with Crippen molar-refractivity contribution in [3.05, 3.63) is 40.6 Å². The lowest BCUT2D eigenvalue weighted by Gasteiger charge is -2.36. The molecule has 0 spiro atoms. The van der Waals surface area contributed by atoms with Gasteiger partial charge in [-0.15, -0.1) is 11.3 Å². The molecule has 0 bridgehead atoms. The van der Waals surface area contributed by atoms with Crippen molar-refractivity contribution in [2.24, 2.45) is 0 Å². The van der Waals surface area contributed by atoms with Crippen LogP contribution in [0.3, 0.4) is 0 Å². The van der Waals surface area contributed by atoms with E-state index in [-0.39, 0.29) is 11.9 Å². The fourth-order valence-electron chi connectivity index (χ4n) is 2.80. The van der Waals surface area contributed by atoms with Crippen molar-refractivity contribution < 1.29 is 4.79 Å². The highest BCUT2D eigenvalue weighted by molar-refractivity contribution is 7.09. The second kappa shape index (κ2) is 6.62. The Balaban J connectivity index is 1.63. The molecular weight excluding hydrogens is 296 g/mol. The summed E-state index contributed by atoms with van der Waals surface area (Å²) in [6.07, 6.45) is 4.53. The Labute approximate surface area is 135 Å². The van der Waals surface area contributed by atoms with Crippen LogP contribution in [0.15, 0.2) is 30.0 Å². The van der Waals surface area contributed by atoms with E-state index < -0.39 is 0 Å². The normalized spacial score (nSPS) is 18.4. The van der Waals surface area contributed by atoms with E-state index in [2.05, 4.69) is 40.5 Å². The van der Waals surface area contributed by atoms with Crippen LogP contribution in [0.2, 0.25) is 0 Å². The molecule has 0 saturated heterocycles. The summed E-state index contributed by atoms with van der Waals surface area (Å²) in [7, 11) is 0. The van der Waals surface area contributed by atoms with Crippen LogP contribution in [0.25, 0.3) is 0 Å². The molecule has 2 aromatic rings. The predicted molar refractivity (Wildman–Crippen MR) is 87.8 cm³/mol. The SMILES string of the molecule is CC(C)N1Cc2cncn2[C@@H](C(=O)NCCc2cccs2)C1. The number of fused-ring (bicyclic) bond motifs is 1. The number of amides is 1. The maximum atomic E-state index is 12.6. The van der Waals surface area contributed by atoms with Gasteiger partial charge in [-0.25, -0.2) is 4.98 Å². The van der Waals surface area contributed by atoms with Gasteiger partial charge in [-0.1, -0.05) is 6.07 Å². The van der Waals surface area contributed by atoms with Crippen molar-refractivity contribution in [3.63, 3.8) is 0 Å². The monoisotopic (exact) mass is 318 g/mol. The van der Waals surface area contributed by atoms with E-state index in [4.69, 9.17) is 0 Å². The Hall–Kier alpha value is -1.66. The zero-order chi connectivity index (χ0) is 15.5. The molecular formula is C16H22N4OS. The van der Waals surface area contributed by atoms with Crippen LogP contribution in [0, 0.1) is 0 Å². The average Bonchev–Trinajstić information content (AvgIpc) is 3.16. The summed E-state index contributed by atoms with van der Waals surface area (Å²) in [5.74, 6) is 0.0844. The van der Waals surface area contributed by atoms with Crippen LogP contribution in [-0.4, -0.2) is 39.5 Å². The molecule has 0 aliphatic carbocycles. The summed E-state index contributed by atoms with van der Waals surface area (Å²) in [6.45, 7) is 6.61. The Morgan fingerprint density at radius 2 is 2.41 bits per heavy atom. The van der Waals surface area contributed by atoms with Crippen LogP contribution < -0.4 is 5.32 Å². The molecule has 1 N–H and O–H groups in total. The van der Waals surface area contributed by atoms with Crippen LogP contribution in [0.5, 0.6) is 0 Å². The molecule has 1 aliphatic heterocycles. The Bertz CT molecular complexity index is 620. The van der Waals surface area contributed by atoms with E-state index in [0.29, 0.717) is 12.6 Å². The Kier molecular flexibility index (Phi) is 4.59. The van der Waals surface area contributed by atoms with Gasteiger partial charge in [-0.3, -0.25) is 9.69 Å². The van der Waals surface area contributed by atoms with Crippen molar-refractivity contribution in [3.8, 4) is 0 Å². The van der Waals surface area contributed by atoms with Gasteiger partial charge >= 0.3 is 0 Å². The van der Waals surface area contributed by atoms with Crippen molar-refractivity contribution in [2.45, 2.75) is 38.9 Å². The van der Waals surface area contributed by atoms with E-state index in [1.165, 1.54) is 4.88 Å². The zero-order valence-corrected chi connectivity index (χ0v) is 13.8. The third kappa shape index (κ3) is 3.23. The van der Waals surface area contributed by atoms with Crippen molar-refractivity contribution in [1.29, 1.82) is 0 Å². The number of hydrogen-bond acceptors (Lipinski definition) is 4. The molecule has 3 heterocycles. The number of rotatable bonds is 5. The third-order valence-corrected chi connectivity index (χ3v) is 5.07. The highest BCUT2D eigenvalue weighted by Gasteiger charge is 2.30. The molecule has 0 aromatic carbocycles. The lowest BCUT2D eigenvalue weighted by Crippen LogP contribution is -2.46. The molecule has 2 aromatic heterocycles. The molecule has 0 saturated carbocycles. The maximum absolute atomic E-state index is 12.6. The molecule has 22 heavy (non-hydrogen) atoms. The summed E-state index contributed by atoms with van der Waals surface area (Å²) in [4.78, 5) is 20.4. The number of nitrogens with one attached hydrogen (secondary N) is 1. The summed E-state index contributed by atoms with van der Waals surface area (Å²) >= 11 is 1.73. The first kappa shape index (κ1) is 15.2. The molecule has 118 valence electrons. The van der Waals surface area contributed by atoms with E-state index in [0.717, 1.165) is 25.2 Å². The van der Waals surface area contributed by atoms with Gasteiger partial charge in [-0.05, 0) is 31.7 Å². The summed E-state index contributed by atoms with van der Waals surface area (Å²) in [6, 6.07) is 4.38. The lowest BCUT2D eigenvalue weighted by molar-refractivity contribution is -0.125. The van der Waals surface area contributed by atoms with Gasteiger partial charge in [0, 0.05) is 36.8 Å². The molecule has 3 rings (SSSR count). The summed E-state index contributed by atoms with van der Waals surface area (Å²) in [5.41, 5.74) is 1.11. The van der Waals surface area contributed by atoms with Gasteiger partial charge in [0.2, 0.25) is 5.91 Å². The maximum Gasteiger partial charge on any atom is 0.244 e. The van der Waals surface area contributed by atoms with Gasteiger partial charge in [0.05, 0.1) is 12.0 Å². The largest absolute Gasteiger partial charge is 0.354 e. The number of thiophene rings is 1. The molecule has 1 atom stereocenters. The number of carbonyl (C=O) groups is 1. The topological polar surface area (TPSA) is 50.2 Å². The quantitative estimate of drug-likeness (QED) is 0.918. The minimum absolute atomic E-state index is 0.0844. The van der Waals surface area contributed by atoms with Crippen LogP contribution in [0.1, 0.15) is 30.5 Å².